The average Bonchev–Trinajstić information content (AvgIpc) is 2.67. The molecular weight excluding hydrogens is 338 g/mol. The second-order valence-corrected chi connectivity index (χ2v) is 6.92. The maximum Gasteiger partial charge on any atom is 0.331 e. The first-order valence-electron chi connectivity index (χ1n) is 9.37. The van der Waals surface area contributed by atoms with Crippen molar-refractivity contribution in [3.8, 4) is 0 Å². The van der Waals surface area contributed by atoms with E-state index in [4.69, 9.17) is 4.74 Å². The molecule has 2 aromatic rings. The highest BCUT2D eigenvalue weighted by atomic mass is 16.5. The number of benzene rings is 2. The van der Waals surface area contributed by atoms with Crippen molar-refractivity contribution in [2.24, 2.45) is 0 Å². The van der Waals surface area contributed by atoms with E-state index in [-0.39, 0.29) is 11.9 Å². The molecule has 0 bridgehead atoms. The summed E-state index contributed by atoms with van der Waals surface area (Å²) in [6, 6.07) is 15.9. The van der Waals surface area contributed by atoms with Crippen LogP contribution in [0.4, 0.5) is 0 Å². The Balaban J connectivity index is 1.57. The fourth-order valence-corrected chi connectivity index (χ4v) is 3.39. The number of hydrogen-bond acceptors (Lipinski definition) is 3. The number of aryl methyl sites for hydroxylation is 2. The summed E-state index contributed by atoms with van der Waals surface area (Å²) < 4.78 is 5.27. The molecule has 1 amide bonds. The fourth-order valence-electron chi connectivity index (χ4n) is 3.39. The van der Waals surface area contributed by atoms with Crippen molar-refractivity contribution in [1.29, 1.82) is 0 Å². The minimum atomic E-state index is -0.840. The van der Waals surface area contributed by atoms with Crippen molar-refractivity contribution >= 4 is 18.0 Å². The van der Waals surface area contributed by atoms with E-state index in [1.54, 1.807) is 13.0 Å². The Labute approximate surface area is 160 Å². The van der Waals surface area contributed by atoms with E-state index >= 15 is 0 Å². The van der Waals surface area contributed by atoms with Crippen LogP contribution in [0, 0.1) is 6.92 Å². The number of fused-ring (bicyclic) bond motifs is 1. The molecule has 1 aliphatic carbocycles. The van der Waals surface area contributed by atoms with Crippen LogP contribution in [-0.4, -0.2) is 18.0 Å². The van der Waals surface area contributed by atoms with Crippen molar-refractivity contribution in [1.82, 2.24) is 5.32 Å². The molecule has 27 heavy (non-hydrogen) atoms. The van der Waals surface area contributed by atoms with Gasteiger partial charge in [-0.05, 0) is 61.4 Å². The van der Waals surface area contributed by atoms with Crippen LogP contribution in [0.2, 0.25) is 0 Å². The number of carbonyl (C=O) groups is 2. The standard InChI is InChI=1S/C23H25NO3/c1-16-8-3-4-9-18(16)14-15-22(25)27-17(2)23(26)24-21-13-7-11-19-10-5-6-12-20(19)21/h3-6,8-10,12,14-15,17,21H,7,11,13H2,1-2H3,(H,24,26)/b15-14+/t17-,21-/m1/s1. The maximum absolute atomic E-state index is 12.5. The third-order valence-electron chi connectivity index (χ3n) is 4.94. The Morgan fingerprint density at radius 3 is 2.70 bits per heavy atom. The molecule has 0 spiro atoms. The zero-order chi connectivity index (χ0) is 19.2. The number of rotatable bonds is 5. The summed E-state index contributed by atoms with van der Waals surface area (Å²) in [4.78, 5) is 24.5. The van der Waals surface area contributed by atoms with Gasteiger partial charge in [0.15, 0.2) is 6.10 Å². The van der Waals surface area contributed by atoms with Gasteiger partial charge in [0, 0.05) is 6.08 Å². The minimum absolute atomic E-state index is 0.0221. The molecule has 1 aliphatic rings. The zero-order valence-electron chi connectivity index (χ0n) is 15.8. The highest BCUT2D eigenvalue weighted by Crippen LogP contribution is 2.29. The Morgan fingerprint density at radius 1 is 1.15 bits per heavy atom. The molecule has 0 saturated heterocycles. The van der Waals surface area contributed by atoms with Crippen LogP contribution in [0.1, 0.15) is 48.1 Å². The Morgan fingerprint density at radius 2 is 1.89 bits per heavy atom. The van der Waals surface area contributed by atoms with Crippen LogP contribution in [0.5, 0.6) is 0 Å². The molecule has 0 heterocycles. The SMILES string of the molecule is Cc1ccccc1/C=C/C(=O)O[C@H](C)C(=O)N[C@@H]1CCCc2ccccc21. The van der Waals surface area contributed by atoms with Gasteiger partial charge < -0.3 is 10.1 Å². The van der Waals surface area contributed by atoms with E-state index in [9.17, 15) is 9.59 Å². The van der Waals surface area contributed by atoms with Crippen LogP contribution < -0.4 is 5.32 Å². The lowest BCUT2D eigenvalue weighted by Gasteiger charge is -2.27. The predicted molar refractivity (Wildman–Crippen MR) is 106 cm³/mol. The van der Waals surface area contributed by atoms with Gasteiger partial charge in [-0.1, -0.05) is 48.5 Å². The van der Waals surface area contributed by atoms with Gasteiger partial charge in [0.05, 0.1) is 6.04 Å². The van der Waals surface area contributed by atoms with Gasteiger partial charge in [0.2, 0.25) is 0 Å². The molecule has 1 N–H and O–H groups in total. The quantitative estimate of drug-likeness (QED) is 0.642. The highest BCUT2D eigenvalue weighted by Gasteiger charge is 2.24. The molecule has 0 unspecified atom stereocenters. The molecule has 0 aliphatic heterocycles. The van der Waals surface area contributed by atoms with Gasteiger partial charge in [0.1, 0.15) is 0 Å². The van der Waals surface area contributed by atoms with E-state index in [1.807, 2.05) is 43.3 Å². The van der Waals surface area contributed by atoms with Gasteiger partial charge in [-0.25, -0.2) is 4.79 Å². The van der Waals surface area contributed by atoms with E-state index in [0.29, 0.717) is 0 Å². The summed E-state index contributed by atoms with van der Waals surface area (Å²) in [5, 5.41) is 3.02. The molecule has 0 saturated carbocycles. The number of amides is 1. The smallest absolute Gasteiger partial charge is 0.331 e. The fraction of sp³-hybridized carbons (Fsp3) is 0.304. The van der Waals surface area contributed by atoms with Crippen molar-refractivity contribution < 1.29 is 14.3 Å². The first kappa shape index (κ1) is 18.9. The van der Waals surface area contributed by atoms with E-state index in [1.165, 1.54) is 11.6 Å². The Hall–Kier alpha value is -2.88. The largest absolute Gasteiger partial charge is 0.449 e. The van der Waals surface area contributed by atoms with Crippen molar-refractivity contribution in [3.05, 3.63) is 76.9 Å². The minimum Gasteiger partial charge on any atom is -0.449 e. The van der Waals surface area contributed by atoms with Crippen LogP contribution in [0.25, 0.3) is 6.08 Å². The molecule has 4 heteroatoms. The molecule has 2 atom stereocenters. The summed E-state index contributed by atoms with van der Waals surface area (Å²) in [6.45, 7) is 3.58. The van der Waals surface area contributed by atoms with Gasteiger partial charge in [-0.15, -0.1) is 0 Å². The maximum atomic E-state index is 12.5. The molecule has 2 aromatic carbocycles. The third-order valence-corrected chi connectivity index (χ3v) is 4.94. The molecule has 3 rings (SSSR count). The summed E-state index contributed by atoms with van der Waals surface area (Å²) in [5.41, 5.74) is 4.46. The van der Waals surface area contributed by atoms with Crippen molar-refractivity contribution in [3.63, 3.8) is 0 Å². The van der Waals surface area contributed by atoms with Gasteiger partial charge in [-0.2, -0.15) is 0 Å². The van der Waals surface area contributed by atoms with Crippen LogP contribution in [0.15, 0.2) is 54.6 Å². The van der Waals surface area contributed by atoms with Gasteiger partial charge in [-0.3, -0.25) is 4.79 Å². The number of ether oxygens (including phenoxy) is 1. The first-order valence-corrected chi connectivity index (χ1v) is 9.37. The number of hydrogen-bond donors (Lipinski definition) is 1. The topological polar surface area (TPSA) is 55.4 Å². The normalized spacial score (nSPS) is 17.2. The molecule has 0 aromatic heterocycles. The van der Waals surface area contributed by atoms with Crippen molar-refractivity contribution in [2.45, 2.75) is 45.3 Å². The molecule has 0 fully saturated rings. The summed E-state index contributed by atoms with van der Waals surface area (Å²) in [7, 11) is 0. The summed E-state index contributed by atoms with van der Waals surface area (Å²) in [6.07, 6.45) is 5.21. The third kappa shape index (κ3) is 4.85. The summed E-state index contributed by atoms with van der Waals surface area (Å²) in [5.74, 6) is -0.792. The lowest BCUT2D eigenvalue weighted by Crippen LogP contribution is -2.39. The number of carbonyl (C=O) groups excluding carboxylic acids is 2. The van der Waals surface area contributed by atoms with Crippen LogP contribution >= 0.6 is 0 Å². The Kier molecular flexibility index (Phi) is 6.07. The number of nitrogens with one attached hydrogen (secondary N) is 1. The molecule has 0 radical (unpaired) electrons. The van der Waals surface area contributed by atoms with Crippen molar-refractivity contribution in [2.75, 3.05) is 0 Å². The number of esters is 1. The Bertz CT molecular complexity index is 856. The second-order valence-electron chi connectivity index (χ2n) is 6.92. The lowest BCUT2D eigenvalue weighted by molar-refractivity contribution is -0.150. The average molecular weight is 363 g/mol. The molecule has 4 nitrogen and oxygen atoms in total. The van der Waals surface area contributed by atoms with E-state index < -0.39 is 12.1 Å². The predicted octanol–water partition coefficient (Wildman–Crippen LogP) is 4.13. The van der Waals surface area contributed by atoms with Crippen LogP contribution in [0.3, 0.4) is 0 Å². The molecule has 140 valence electrons. The summed E-state index contributed by atoms with van der Waals surface area (Å²) >= 11 is 0. The lowest BCUT2D eigenvalue weighted by atomic mass is 9.87. The second kappa shape index (κ2) is 8.67. The van der Waals surface area contributed by atoms with Gasteiger partial charge in [0.25, 0.3) is 5.91 Å². The van der Waals surface area contributed by atoms with E-state index in [0.717, 1.165) is 36.0 Å². The molecular formula is C23H25NO3. The van der Waals surface area contributed by atoms with Crippen LogP contribution in [-0.2, 0) is 20.7 Å². The zero-order valence-corrected chi connectivity index (χ0v) is 15.8. The van der Waals surface area contributed by atoms with E-state index in [2.05, 4.69) is 17.4 Å². The van der Waals surface area contributed by atoms with Gasteiger partial charge >= 0.3 is 5.97 Å². The monoisotopic (exact) mass is 363 g/mol. The highest BCUT2D eigenvalue weighted by molar-refractivity contribution is 5.90. The first-order chi connectivity index (χ1) is 13.0.